The summed E-state index contributed by atoms with van der Waals surface area (Å²) < 4.78 is 64.8. The summed E-state index contributed by atoms with van der Waals surface area (Å²) in [7, 11) is 0. The first kappa shape index (κ1) is 16.8. The summed E-state index contributed by atoms with van der Waals surface area (Å²) in [6.45, 7) is -0.965. The van der Waals surface area contributed by atoms with Gasteiger partial charge in [-0.15, -0.1) is 0 Å². The average molecular weight is 337 g/mol. The molecule has 0 radical (unpaired) electrons. The maximum atomic E-state index is 12.3. The number of amides is 1. The van der Waals surface area contributed by atoms with Gasteiger partial charge in [-0.1, -0.05) is 17.3 Å². The molecule has 2 aromatic rings. The number of alkyl halides is 5. The molecule has 0 spiro atoms. The minimum Gasteiger partial charge on any atom is -0.329 e. The van der Waals surface area contributed by atoms with E-state index in [0.717, 1.165) is 0 Å². The van der Waals surface area contributed by atoms with Gasteiger partial charge >= 0.3 is 12.1 Å². The number of rotatable bonds is 5. The molecular weight excluding hydrogens is 329 g/mol. The van der Waals surface area contributed by atoms with Crippen LogP contribution < -0.4 is 5.48 Å². The van der Waals surface area contributed by atoms with Crippen LogP contribution in [0.25, 0.3) is 11.4 Å². The molecule has 0 unspecified atom stereocenters. The Bertz CT molecular complexity index is 669. The van der Waals surface area contributed by atoms with E-state index in [1.165, 1.54) is 24.3 Å². The van der Waals surface area contributed by atoms with E-state index >= 15 is 0 Å². The standard InChI is InChI=1S/C12H8F5N3O3/c13-8(14)5-22-20-10(21)7-3-1-6(2-4-7)9-18-11(23-19-9)12(15,16)17/h1-4,8H,5H2,(H,20,21). The highest BCUT2D eigenvalue weighted by Crippen LogP contribution is 2.29. The predicted octanol–water partition coefficient (Wildman–Crippen LogP) is 2.68. The molecule has 23 heavy (non-hydrogen) atoms. The zero-order chi connectivity index (χ0) is 17.0. The summed E-state index contributed by atoms with van der Waals surface area (Å²) >= 11 is 0. The van der Waals surface area contributed by atoms with Gasteiger partial charge in [-0.2, -0.15) is 18.2 Å². The Balaban J connectivity index is 2.04. The van der Waals surface area contributed by atoms with Crippen molar-refractivity contribution < 1.29 is 36.1 Å². The van der Waals surface area contributed by atoms with Crippen molar-refractivity contribution in [3.63, 3.8) is 0 Å². The Morgan fingerprint density at radius 1 is 1.26 bits per heavy atom. The van der Waals surface area contributed by atoms with Crippen molar-refractivity contribution >= 4 is 5.91 Å². The second kappa shape index (κ2) is 6.69. The maximum absolute atomic E-state index is 12.3. The van der Waals surface area contributed by atoms with Gasteiger partial charge in [0, 0.05) is 11.1 Å². The third-order valence-electron chi connectivity index (χ3n) is 2.45. The van der Waals surface area contributed by atoms with E-state index < -0.39 is 31.0 Å². The number of aromatic nitrogens is 2. The molecule has 1 aromatic heterocycles. The molecule has 11 heteroatoms. The highest BCUT2D eigenvalue weighted by molar-refractivity contribution is 5.93. The number of nitrogens with zero attached hydrogens (tertiary/aromatic N) is 2. The Kier molecular flexibility index (Phi) is 4.89. The summed E-state index contributed by atoms with van der Waals surface area (Å²) in [5, 5.41) is 3.18. The Morgan fingerprint density at radius 2 is 1.91 bits per heavy atom. The zero-order valence-corrected chi connectivity index (χ0v) is 11.1. The van der Waals surface area contributed by atoms with Crippen molar-refractivity contribution in [2.45, 2.75) is 12.6 Å². The highest BCUT2D eigenvalue weighted by atomic mass is 19.4. The van der Waals surface area contributed by atoms with Crippen molar-refractivity contribution in [3.05, 3.63) is 35.7 Å². The van der Waals surface area contributed by atoms with Gasteiger partial charge < -0.3 is 4.52 Å². The summed E-state index contributed by atoms with van der Waals surface area (Å²) in [6, 6.07) is 5.01. The van der Waals surface area contributed by atoms with Gasteiger partial charge in [-0.3, -0.25) is 9.63 Å². The van der Waals surface area contributed by atoms with E-state index in [1.54, 1.807) is 5.48 Å². The molecule has 1 N–H and O–H groups in total. The lowest BCUT2D eigenvalue weighted by Crippen LogP contribution is -2.26. The molecule has 2 rings (SSSR count). The van der Waals surface area contributed by atoms with Crippen molar-refractivity contribution in [2.75, 3.05) is 6.61 Å². The average Bonchev–Trinajstić information content (AvgIpc) is 2.97. The Morgan fingerprint density at radius 3 is 2.43 bits per heavy atom. The fraction of sp³-hybridized carbons (Fsp3) is 0.250. The van der Waals surface area contributed by atoms with Crippen molar-refractivity contribution in [1.82, 2.24) is 15.6 Å². The largest absolute Gasteiger partial charge is 0.471 e. The fourth-order valence-corrected chi connectivity index (χ4v) is 1.46. The molecule has 0 saturated carbocycles. The fourth-order valence-electron chi connectivity index (χ4n) is 1.46. The van der Waals surface area contributed by atoms with Gasteiger partial charge in [-0.25, -0.2) is 14.3 Å². The lowest BCUT2D eigenvalue weighted by molar-refractivity contribution is -0.159. The minimum absolute atomic E-state index is 0.0440. The highest BCUT2D eigenvalue weighted by Gasteiger charge is 2.38. The van der Waals surface area contributed by atoms with Crippen LogP contribution in [0, 0.1) is 0 Å². The molecule has 6 nitrogen and oxygen atoms in total. The van der Waals surface area contributed by atoms with Gasteiger partial charge in [-0.05, 0) is 12.1 Å². The molecule has 1 heterocycles. The number of carbonyl (C=O) groups is 1. The van der Waals surface area contributed by atoms with E-state index in [2.05, 4.69) is 19.5 Å². The van der Waals surface area contributed by atoms with E-state index in [9.17, 15) is 26.7 Å². The van der Waals surface area contributed by atoms with Crippen molar-refractivity contribution in [1.29, 1.82) is 0 Å². The molecule has 0 aliphatic heterocycles. The first-order chi connectivity index (χ1) is 10.8. The molecule has 0 aliphatic rings. The second-order valence-corrected chi connectivity index (χ2v) is 4.13. The van der Waals surface area contributed by atoms with Gasteiger partial charge in [0.1, 0.15) is 6.61 Å². The lowest BCUT2D eigenvalue weighted by atomic mass is 10.1. The van der Waals surface area contributed by atoms with Crippen LogP contribution in [0.4, 0.5) is 22.0 Å². The summed E-state index contributed by atoms with van der Waals surface area (Å²) in [6.07, 6.45) is -7.49. The van der Waals surface area contributed by atoms with Crippen molar-refractivity contribution in [3.8, 4) is 11.4 Å². The monoisotopic (exact) mass is 337 g/mol. The molecular formula is C12H8F5N3O3. The smallest absolute Gasteiger partial charge is 0.329 e. The molecule has 124 valence electrons. The van der Waals surface area contributed by atoms with E-state index in [1.807, 2.05) is 0 Å². The first-order valence-corrected chi connectivity index (χ1v) is 5.99. The Labute approximate surface area is 125 Å². The molecule has 1 amide bonds. The number of halogens is 5. The Hall–Kier alpha value is -2.56. The number of benzene rings is 1. The molecule has 0 aliphatic carbocycles. The van der Waals surface area contributed by atoms with Crippen LogP contribution in [0.2, 0.25) is 0 Å². The quantitative estimate of drug-likeness (QED) is 0.670. The predicted molar refractivity (Wildman–Crippen MR) is 64.2 cm³/mol. The van der Waals surface area contributed by atoms with Gasteiger partial charge in [0.2, 0.25) is 5.82 Å². The maximum Gasteiger partial charge on any atom is 0.471 e. The zero-order valence-electron chi connectivity index (χ0n) is 11.1. The number of carbonyl (C=O) groups excluding carboxylic acids is 1. The van der Waals surface area contributed by atoms with Crippen LogP contribution in [-0.4, -0.2) is 29.1 Å². The van der Waals surface area contributed by atoms with Crippen LogP contribution in [0.3, 0.4) is 0 Å². The summed E-state index contributed by atoms with van der Waals surface area (Å²) in [5.74, 6) is -2.59. The summed E-state index contributed by atoms with van der Waals surface area (Å²) in [5.41, 5.74) is 2.02. The number of hydroxylamine groups is 1. The molecule has 0 saturated heterocycles. The van der Waals surface area contributed by atoms with Crippen LogP contribution in [0.5, 0.6) is 0 Å². The van der Waals surface area contributed by atoms with Gasteiger partial charge in [0.05, 0.1) is 0 Å². The van der Waals surface area contributed by atoms with Crippen LogP contribution in [0.1, 0.15) is 16.2 Å². The minimum atomic E-state index is -4.76. The van der Waals surface area contributed by atoms with Crippen LogP contribution in [0.15, 0.2) is 28.8 Å². The van der Waals surface area contributed by atoms with E-state index in [4.69, 9.17) is 0 Å². The SMILES string of the molecule is O=C(NOCC(F)F)c1ccc(-c2noc(C(F)(F)F)n2)cc1. The van der Waals surface area contributed by atoms with Crippen molar-refractivity contribution in [2.24, 2.45) is 0 Å². The third-order valence-corrected chi connectivity index (χ3v) is 2.45. The number of nitrogens with one attached hydrogen (secondary N) is 1. The van der Waals surface area contributed by atoms with Crippen LogP contribution >= 0.6 is 0 Å². The second-order valence-electron chi connectivity index (χ2n) is 4.13. The molecule has 0 atom stereocenters. The molecule has 0 bridgehead atoms. The van der Waals surface area contributed by atoms with E-state index in [0.29, 0.717) is 0 Å². The topological polar surface area (TPSA) is 77.2 Å². The van der Waals surface area contributed by atoms with Gasteiger partial charge in [0.25, 0.3) is 12.3 Å². The third kappa shape index (κ3) is 4.45. The van der Waals surface area contributed by atoms with Gasteiger partial charge in [0.15, 0.2) is 0 Å². The number of hydrogen-bond donors (Lipinski definition) is 1. The van der Waals surface area contributed by atoms with E-state index in [-0.39, 0.29) is 17.0 Å². The number of hydrogen-bond acceptors (Lipinski definition) is 5. The lowest BCUT2D eigenvalue weighted by Gasteiger charge is -2.05. The summed E-state index contributed by atoms with van der Waals surface area (Å²) in [4.78, 5) is 19.0. The molecule has 1 aromatic carbocycles. The normalized spacial score (nSPS) is 11.7. The van der Waals surface area contributed by atoms with Crippen LogP contribution in [-0.2, 0) is 11.0 Å². The molecule has 0 fully saturated rings. The first-order valence-electron chi connectivity index (χ1n) is 5.99.